The number of aromatic amines is 1. The van der Waals surface area contributed by atoms with Gasteiger partial charge in [-0.25, -0.2) is 4.98 Å². The van der Waals surface area contributed by atoms with Crippen LogP contribution in [0.3, 0.4) is 0 Å². The molecule has 0 saturated carbocycles. The third kappa shape index (κ3) is 2.69. The van der Waals surface area contributed by atoms with Crippen LogP contribution in [0.1, 0.15) is 0 Å². The Bertz CT molecular complexity index is 847. The van der Waals surface area contributed by atoms with Gasteiger partial charge in [-0.3, -0.25) is 19.9 Å². The average Bonchev–Trinajstić information content (AvgIpc) is 3.18. The summed E-state index contributed by atoms with van der Waals surface area (Å²) < 4.78 is 0. The molecule has 0 fully saturated rings. The summed E-state index contributed by atoms with van der Waals surface area (Å²) in [5, 5.41) is 0. The molecule has 4 rings (SSSR count). The fourth-order valence-corrected chi connectivity index (χ4v) is 2.32. The number of aromatic nitrogens is 6. The predicted octanol–water partition coefficient (Wildman–Crippen LogP) is 2.99. The van der Waals surface area contributed by atoms with Crippen LogP contribution in [0.15, 0.2) is 67.6 Å². The average molecular weight is 300 g/mol. The van der Waals surface area contributed by atoms with Gasteiger partial charge in [-0.1, -0.05) is 0 Å². The van der Waals surface area contributed by atoms with Gasteiger partial charge in [-0.2, -0.15) is 0 Å². The maximum Gasteiger partial charge on any atom is 0.107 e. The summed E-state index contributed by atoms with van der Waals surface area (Å²) in [5.41, 5.74) is 4.92. The summed E-state index contributed by atoms with van der Waals surface area (Å²) in [6.07, 6.45) is 11.9. The van der Waals surface area contributed by atoms with Crippen molar-refractivity contribution in [3.63, 3.8) is 0 Å². The van der Waals surface area contributed by atoms with Crippen LogP contribution in [0.5, 0.6) is 0 Å². The van der Waals surface area contributed by atoms with Crippen molar-refractivity contribution >= 4 is 0 Å². The zero-order chi connectivity index (χ0) is 15.5. The Labute approximate surface area is 132 Å². The Morgan fingerprint density at radius 2 is 1.39 bits per heavy atom. The summed E-state index contributed by atoms with van der Waals surface area (Å²) in [6, 6.07) is 7.93. The molecule has 0 radical (unpaired) electrons. The third-order valence-electron chi connectivity index (χ3n) is 3.39. The molecule has 0 unspecified atom stereocenters. The quantitative estimate of drug-likeness (QED) is 0.629. The van der Waals surface area contributed by atoms with Crippen LogP contribution >= 0.6 is 0 Å². The molecular weight excluding hydrogens is 288 g/mol. The predicted molar refractivity (Wildman–Crippen MR) is 86.1 cm³/mol. The van der Waals surface area contributed by atoms with Crippen LogP contribution in [0.4, 0.5) is 0 Å². The van der Waals surface area contributed by atoms with E-state index < -0.39 is 0 Å². The first-order chi connectivity index (χ1) is 11.4. The molecule has 0 spiro atoms. The van der Waals surface area contributed by atoms with E-state index in [9.17, 15) is 0 Å². The molecule has 0 atom stereocenters. The first-order valence-electron chi connectivity index (χ1n) is 7.09. The van der Waals surface area contributed by atoms with Gasteiger partial charge in [-0.05, 0) is 24.3 Å². The van der Waals surface area contributed by atoms with Crippen molar-refractivity contribution in [3.8, 4) is 34.0 Å². The molecule has 6 nitrogen and oxygen atoms in total. The number of nitrogens with zero attached hydrogens (tertiary/aromatic N) is 5. The topological polar surface area (TPSA) is 80.2 Å². The Morgan fingerprint density at radius 3 is 1.87 bits per heavy atom. The molecule has 0 aromatic carbocycles. The Kier molecular flexibility index (Phi) is 3.32. The first-order valence-corrected chi connectivity index (χ1v) is 7.09. The van der Waals surface area contributed by atoms with Crippen molar-refractivity contribution in [2.24, 2.45) is 0 Å². The largest absolute Gasteiger partial charge is 0.361 e. The Morgan fingerprint density at radius 1 is 0.739 bits per heavy atom. The zero-order valence-electron chi connectivity index (χ0n) is 12.1. The summed E-state index contributed by atoms with van der Waals surface area (Å²) in [6.45, 7) is 0. The fraction of sp³-hybridized carbons (Fsp3) is 0. The Hall–Kier alpha value is -3.41. The van der Waals surface area contributed by atoms with Crippen LogP contribution in [0.25, 0.3) is 34.0 Å². The molecule has 0 saturated heterocycles. The second kappa shape index (κ2) is 5.76. The van der Waals surface area contributed by atoms with Gasteiger partial charge >= 0.3 is 0 Å². The molecule has 6 heteroatoms. The van der Waals surface area contributed by atoms with Crippen LogP contribution in [0, 0.1) is 0 Å². The Balaban J connectivity index is 1.91. The van der Waals surface area contributed by atoms with Crippen LogP contribution < -0.4 is 0 Å². The maximum absolute atomic E-state index is 4.66. The molecule has 0 bridgehead atoms. The minimum Gasteiger partial charge on any atom is -0.361 e. The van der Waals surface area contributed by atoms with E-state index in [1.807, 2.05) is 30.5 Å². The lowest BCUT2D eigenvalue weighted by Crippen LogP contribution is -1.94. The van der Waals surface area contributed by atoms with Gasteiger partial charge in [0.1, 0.15) is 11.4 Å². The minimum absolute atomic E-state index is 0.714. The fourth-order valence-electron chi connectivity index (χ4n) is 2.32. The van der Waals surface area contributed by atoms with E-state index in [0.717, 1.165) is 22.6 Å². The lowest BCUT2D eigenvalue weighted by Gasteiger charge is -2.07. The van der Waals surface area contributed by atoms with Gasteiger partial charge in [0.25, 0.3) is 0 Å². The molecule has 4 aromatic heterocycles. The molecule has 4 aromatic rings. The summed E-state index contributed by atoms with van der Waals surface area (Å²) in [4.78, 5) is 24.8. The molecule has 0 aliphatic rings. The highest BCUT2D eigenvalue weighted by Gasteiger charge is 2.10. The molecule has 23 heavy (non-hydrogen) atoms. The first kappa shape index (κ1) is 13.3. The smallest absolute Gasteiger partial charge is 0.107 e. The van der Waals surface area contributed by atoms with Crippen molar-refractivity contribution in [1.29, 1.82) is 0 Å². The van der Waals surface area contributed by atoms with Crippen molar-refractivity contribution in [1.82, 2.24) is 29.9 Å². The van der Waals surface area contributed by atoms with Crippen molar-refractivity contribution in [3.05, 3.63) is 67.6 Å². The van der Waals surface area contributed by atoms with Crippen LogP contribution in [-0.4, -0.2) is 29.9 Å². The standard InChI is InChI=1S/C17H12N6/c1-2-13(20-3-1)12-8-14(16-10-18-4-6-21-16)23-15(9-12)17-11-19-5-7-22-17/h1-11,20H. The normalized spacial score (nSPS) is 10.6. The number of hydrogen-bond donors (Lipinski definition) is 1. The molecular formula is C17H12N6. The second-order valence-electron chi connectivity index (χ2n) is 4.89. The number of nitrogens with one attached hydrogen (secondary N) is 1. The number of rotatable bonds is 3. The van der Waals surface area contributed by atoms with Crippen LogP contribution in [-0.2, 0) is 0 Å². The highest BCUT2D eigenvalue weighted by atomic mass is 14.9. The van der Waals surface area contributed by atoms with Crippen LogP contribution in [0.2, 0.25) is 0 Å². The van der Waals surface area contributed by atoms with Gasteiger partial charge in [-0.15, -0.1) is 0 Å². The lowest BCUT2D eigenvalue weighted by atomic mass is 10.1. The van der Waals surface area contributed by atoms with E-state index in [1.54, 1.807) is 37.2 Å². The van der Waals surface area contributed by atoms with Gasteiger partial charge in [0.2, 0.25) is 0 Å². The van der Waals surface area contributed by atoms with E-state index >= 15 is 0 Å². The molecule has 110 valence electrons. The molecule has 0 aliphatic heterocycles. The van der Waals surface area contributed by atoms with Gasteiger partial charge in [0, 0.05) is 42.2 Å². The molecule has 4 heterocycles. The molecule has 1 N–H and O–H groups in total. The van der Waals surface area contributed by atoms with E-state index in [4.69, 9.17) is 0 Å². The van der Waals surface area contributed by atoms with E-state index in [0.29, 0.717) is 11.4 Å². The van der Waals surface area contributed by atoms with Gasteiger partial charge < -0.3 is 4.98 Å². The SMILES string of the molecule is c1c[nH]c(-c2cc(-c3cnccn3)nc(-c3cnccn3)c2)c1. The number of hydrogen-bond acceptors (Lipinski definition) is 5. The van der Waals surface area contributed by atoms with Crippen molar-refractivity contribution in [2.45, 2.75) is 0 Å². The van der Waals surface area contributed by atoms with Gasteiger partial charge in [0.15, 0.2) is 0 Å². The van der Waals surface area contributed by atoms with E-state index in [1.165, 1.54) is 0 Å². The lowest BCUT2D eigenvalue weighted by molar-refractivity contribution is 1.15. The van der Waals surface area contributed by atoms with E-state index in [2.05, 4.69) is 29.9 Å². The maximum atomic E-state index is 4.66. The van der Waals surface area contributed by atoms with Crippen molar-refractivity contribution < 1.29 is 0 Å². The summed E-state index contributed by atoms with van der Waals surface area (Å²) >= 11 is 0. The highest BCUT2D eigenvalue weighted by molar-refractivity contribution is 5.72. The molecule has 0 amide bonds. The molecule has 0 aliphatic carbocycles. The zero-order valence-corrected chi connectivity index (χ0v) is 12.1. The van der Waals surface area contributed by atoms with E-state index in [-0.39, 0.29) is 0 Å². The monoisotopic (exact) mass is 300 g/mol. The minimum atomic E-state index is 0.714. The van der Waals surface area contributed by atoms with Gasteiger partial charge in [0.05, 0.1) is 23.8 Å². The second-order valence-corrected chi connectivity index (χ2v) is 4.89. The summed E-state index contributed by atoms with van der Waals surface area (Å²) in [7, 11) is 0. The number of pyridine rings is 1. The third-order valence-corrected chi connectivity index (χ3v) is 3.39. The highest BCUT2D eigenvalue weighted by Crippen LogP contribution is 2.27. The van der Waals surface area contributed by atoms with Crippen molar-refractivity contribution in [2.75, 3.05) is 0 Å². The number of H-pyrrole nitrogens is 1. The summed E-state index contributed by atoms with van der Waals surface area (Å²) in [5.74, 6) is 0.